The minimum absolute atomic E-state index is 0.0767. The zero-order chi connectivity index (χ0) is 16.4. The van der Waals surface area contributed by atoms with Crippen molar-refractivity contribution in [3.63, 3.8) is 0 Å². The Morgan fingerprint density at radius 3 is 2.87 bits per heavy atom. The first-order chi connectivity index (χ1) is 11.1. The van der Waals surface area contributed by atoms with E-state index in [1.807, 2.05) is 29.2 Å². The maximum atomic E-state index is 12.9. The lowest BCUT2D eigenvalue weighted by molar-refractivity contribution is 0.0633. The summed E-state index contributed by atoms with van der Waals surface area (Å²) in [5.74, 6) is -0.0768. The number of rotatable bonds is 2. The quantitative estimate of drug-likeness (QED) is 0.913. The Kier molecular flexibility index (Phi) is 4.50. The summed E-state index contributed by atoms with van der Waals surface area (Å²) >= 11 is 6.08. The molecule has 1 amide bonds. The second kappa shape index (κ2) is 6.56. The highest BCUT2D eigenvalue weighted by molar-refractivity contribution is 6.30. The third kappa shape index (κ3) is 3.30. The molecule has 1 aromatic heterocycles. The van der Waals surface area contributed by atoms with Crippen LogP contribution in [-0.4, -0.2) is 35.0 Å². The summed E-state index contributed by atoms with van der Waals surface area (Å²) < 4.78 is 1.42. The van der Waals surface area contributed by atoms with E-state index in [2.05, 4.69) is 5.32 Å². The van der Waals surface area contributed by atoms with E-state index < -0.39 is 0 Å². The molecule has 0 aliphatic carbocycles. The van der Waals surface area contributed by atoms with Crippen molar-refractivity contribution in [3.8, 4) is 0 Å². The van der Waals surface area contributed by atoms with Crippen molar-refractivity contribution in [2.24, 2.45) is 7.05 Å². The van der Waals surface area contributed by atoms with Crippen molar-refractivity contribution in [1.82, 2.24) is 14.8 Å². The van der Waals surface area contributed by atoms with Crippen LogP contribution in [-0.2, 0) is 7.05 Å². The van der Waals surface area contributed by atoms with Gasteiger partial charge in [-0.2, -0.15) is 0 Å². The number of nitrogens with zero attached hydrogens (tertiary/aromatic N) is 2. The van der Waals surface area contributed by atoms with Crippen LogP contribution < -0.4 is 10.9 Å². The molecule has 1 fully saturated rings. The first-order valence-electron chi connectivity index (χ1n) is 7.50. The molecule has 6 heteroatoms. The van der Waals surface area contributed by atoms with Crippen molar-refractivity contribution in [2.75, 3.05) is 19.6 Å². The lowest BCUT2D eigenvalue weighted by atomic mass is 10.0. The predicted molar refractivity (Wildman–Crippen MR) is 89.8 cm³/mol. The van der Waals surface area contributed by atoms with Crippen molar-refractivity contribution < 1.29 is 4.79 Å². The smallest absolute Gasteiger partial charge is 0.255 e. The van der Waals surface area contributed by atoms with Crippen LogP contribution in [0.25, 0.3) is 0 Å². The molecule has 23 heavy (non-hydrogen) atoms. The summed E-state index contributed by atoms with van der Waals surface area (Å²) in [7, 11) is 1.64. The lowest BCUT2D eigenvalue weighted by Crippen LogP contribution is -2.48. The lowest BCUT2D eigenvalue weighted by Gasteiger charge is -2.36. The van der Waals surface area contributed by atoms with Crippen LogP contribution in [0.4, 0.5) is 0 Å². The van der Waals surface area contributed by atoms with Crippen LogP contribution in [0, 0.1) is 0 Å². The third-order valence-electron chi connectivity index (χ3n) is 4.07. The number of halogens is 1. The van der Waals surface area contributed by atoms with Gasteiger partial charge in [-0.1, -0.05) is 23.7 Å². The zero-order valence-corrected chi connectivity index (χ0v) is 13.6. The highest BCUT2D eigenvalue weighted by atomic mass is 35.5. The normalized spacial score (nSPS) is 18.0. The van der Waals surface area contributed by atoms with E-state index in [9.17, 15) is 9.59 Å². The molecule has 1 N–H and O–H groups in total. The van der Waals surface area contributed by atoms with E-state index in [0.29, 0.717) is 23.7 Å². The molecule has 1 unspecified atom stereocenters. The minimum atomic E-state index is -0.131. The number of benzene rings is 1. The van der Waals surface area contributed by atoms with Crippen molar-refractivity contribution in [2.45, 2.75) is 6.04 Å². The molecule has 0 saturated carbocycles. The summed E-state index contributed by atoms with van der Waals surface area (Å²) in [4.78, 5) is 26.2. The molecule has 2 aromatic rings. The second-order valence-electron chi connectivity index (χ2n) is 5.64. The molecule has 1 atom stereocenters. The molecule has 0 bridgehead atoms. The Hall–Kier alpha value is -2.11. The van der Waals surface area contributed by atoms with E-state index >= 15 is 0 Å². The number of hydrogen-bond donors (Lipinski definition) is 1. The van der Waals surface area contributed by atoms with Gasteiger partial charge in [0.15, 0.2) is 0 Å². The first kappa shape index (κ1) is 15.8. The zero-order valence-electron chi connectivity index (χ0n) is 12.8. The number of carbonyl (C=O) groups excluding carboxylic acids is 1. The van der Waals surface area contributed by atoms with E-state index in [-0.39, 0.29) is 17.5 Å². The Morgan fingerprint density at radius 2 is 2.13 bits per heavy atom. The molecule has 1 aliphatic heterocycles. The molecular formula is C17H18ClN3O2. The molecule has 1 aromatic carbocycles. The molecular weight excluding hydrogens is 314 g/mol. The molecule has 0 spiro atoms. The van der Waals surface area contributed by atoms with Gasteiger partial charge in [0.1, 0.15) is 0 Å². The van der Waals surface area contributed by atoms with Gasteiger partial charge in [0.25, 0.3) is 5.91 Å². The average molecular weight is 332 g/mol. The standard InChI is InChI=1S/C17H18ClN3O2/c1-20-11-13(5-6-16(20)22)17(23)21-8-7-19-10-15(21)12-3-2-4-14(18)9-12/h2-6,9,11,15,19H,7-8,10H2,1H3. The van der Waals surface area contributed by atoms with Gasteiger partial charge >= 0.3 is 0 Å². The third-order valence-corrected chi connectivity index (χ3v) is 4.31. The number of carbonyl (C=O) groups is 1. The molecule has 1 aliphatic rings. The van der Waals surface area contributed by atoms with Crippen molar-refractivity contribution in [1.29, 1.82) is 0 Å². The van der Waals surface area contributed by atoms with E-state index in [1.54, 1.807) is 19.3 Å². The first-order valence-corrected chi connectivity index (χ1v) is 7.88. The number of aromatic nitrogens is 1. The van der Waals surface area contributed by atoms with Crippen LogP contribution >= 0.6 is 11.6 Å². The van der Waals surface area contributed by atoms with Crippen LogP contribution in [0.1, 0.15) is 22.0 Å². The van der Waals surface area contributed by atoms with Gasteiger partial charge in [0.05, 0.1) is 11.6 Å². The fraction of sp³-hybridized carbons (Fsp3) is 0.294. The summed E-state index contributed by atoms with van der Waals surface area (Å²) in [6.45, 7) is 2.03. The van der Waals surface area contributed by atoms with Gasteiger partial charge < -0.3 is 14.8 Å². The van der Waals surface area contributed by atoms with Crippen LogP contribution in [0.15, 0.2) is 47.4 Å². The number of pyridine rings is 1. The Morgan fingerprint density at radius 1 is 1.30 bits per heavy atom. The molecule has 1 saturated heterocycles. The van der Waals surface area contributed by atoms with Crippen molar-refractivity contribution >= 4 is 17.5 Å². The molecule has 2 heterocycles. The number of piperazine rings is 1. The number of amides is 1. The van der Waals surface area contributed by atoms with Gasteiger partial charge in [0, 0.05) is 44.0 Å². The maximum Gasteiger partial charge on any atom is 0.255 e. The highest BCUT2D eigenvalue weighted by Crippen LogP contribution is 2.26. The number of aryl methyl sites for hydroxylation is 1. The van der Waals surface area contributed by atoms with Gasteiger partial charge in [-0.25, -0.2) is 0 Å². The molecule has 120 valence electrons. The van der Waals surface area contributed by atoms with E-state index in [1.165, 1.54) is 10.6 Å². The predicted octanol–water partition coefficient (Wildman–Crippen LogP) is 1.83. The summed E-state index contributed by atoms with van der Waals surface area (Å²) in [5.41, 5.74) is 1.39. The topological polar surface area (TPSA) is 54.3 Å². The summed E-state index contributed by atoms with van der Waals surface area (Å²) in [5, 5.41) is 3.97. The Balaban J connectivity index is 1.93. The monoisotopic (exact) mass is 331 g/mol. The number of hydrogen-bond acceptors (Lipinski definition) is 3. The largest absolute Gasteiger partial charge is 0.329 e. The van der Waals surface area contributed by atoms with E-state index in [0.717, 1.165) is 12.1 Å². The van der Waals surface area contributed by atoms with Crippen LogP contribution in [0.3, 0.4) is 0 Å². The van der Waals surface area contributed by atoms with Crippen molar-refractivity contribution in [3.05, 3.63) is 69.1 Å². The number of nitrogens with one attached hydrogen (secondary N) is 1. The van der Waals surface area contributed by atoms with Gasteiger partial charge in [0.2, 0.25) is 5.56 Å². The summed E-state index contributed by atoms with van der Waals surface area (Å²) in [6.07, 6.45) is 1.59. The molecule has 0 radical (unpaired) electrons. The molecule has 3 rings (SSSR count). The maximum absolute atomic E-state index is 12.9. The van der Waals surface area contributed by atoms with Gasteiger partial charge in [-0.15, -0.1) is 0 Å². The minimum Gasteiger partial charge on any atom is -0.329 e. The fourth-order valence-corrected chi connectivity index (χ4v) is 3.04. The average Bonchev–Trinajstić information content (AvgIpc) is 2.57. The highest BCUT2D eigenvalue weighted by Gasteiger charge is 2.28. The fourth-order valence-electron chi connectivity index (χ4n) is 2.85. The van der Waals surface area contributed by atoms with Crippen LogP contribution in [0.5, 0.6) is 0 Å². The molecule has 5 nitrogen and oxygen atoms in total. The van der Waals surface area contributed by atoms with Crippen LogP contribution in [0.2, 0.25) is 5.02 Å². The van der Waals surface area contributed by atoms with Gasteiger partial charge in [-0.05, 0) is 23.8 Å². The summed E-state index contributed by atoms with van der Waals surface area (Å²) in [6, 6.07) is 10.5. The SMILES string of the molecule is Cn1cc(C(=O)N2CCNCC2c2cccc(Cl)c2)ccc1=O. The van der Waals surface area contributed by atoms with Gasteiger partial charge in [-0.3, -0.25) is 9.59 Å². The second-order valence-corrected chi connectivity index (χ2v) is 6.08. The van der Waals surface area contributed by atoms with E-state index in [4.69, 9.17) is 11.6 Å². The Bertz CT molecular complexity index is 787. The Labute approximate surface area is 139 Å².